The number of benzene rings is 3. The fraction of sp³-hybridized carbons (Fsp3) is 0.231. The Labute approximate surface area is 226 Å². The van der Waals surface area contributed by atoms with Crippen LogP contribution in [0.5, 0.6) is 5.75 Å². The van der Waals surface area contributed by atoms with Gasteiger partial charge in [0, 0.05) is 24.8 Å². The van der Waals surface area contributed by atoms with Crippen LogP contribution in [0.1, 0.15) is 35.7 Å². The Morgan fingerprint density at radius 1 is 1.06 bits per heavy atom. The first kappa shape index (κ1) is 27.8. The summed E-state index contributed by atoms with van der Waals surface area (Å²) >= 11 is 8.69. The number of ether oxygens (including phenoxy) is 1. The van der Waals surface area contributed by atoms with E-state index in [1.807, 2.05) is 30.3 Å². The lowest BCUT2D eigenvalue weighted by atomic mass is 10.2. The number of hydrogen-bond acceptors (Lipinski definition) is 5. The highest BCUT2D eigenvalue weighted by atomic mass is 79.9. The molecule has 36 heavy (non-hydrogen) atoms. The predicted octanol–water partition coefficient (Wildman–Crippen LogP) is 5.58. The molecule has 0 radical (unpaired) electrons. The maximum absolute atomic E-state index is 12.9. The number of amides is 1. The zero-order valence-electron chi connectivity index (χ0n) is 20.0. The van der Waals surface area contributed by atoms with Gasteiger partial charge in [0.1, 0.15) is 5.75 Å². The lowest BCUT2D eigenvalue weighted by molar-refractivity contribution is 0.0977. The van der Waals surface area contributed by atoms with Crippen LogP contribution < -0.4 is 15.4 Å². The van der Waals surface area contributed by atoms with Crippen molar-refractivity contribution in [2.24, 2.45) is 0 Å². The van der Waals surface area contributed by atoms with Crippen molar-refractivity contribution >= 4 is 54.9 Å². The largest absolute Gasteiger partial charge is 0.492 e. The van der Waals surface area contributed by atoms with Crippen molar-refractivity contribution in [3.05, 3.63) is 88.4 Å². The van der Waals surface area contributed by atoms with Gasteiger partial charge in [-0.25, -0.2) is 8.42 Å². The molecule has 0 saturated heterocycles. The van der Waals surface area contributed by atoms with Gasteiger partial charge in [-0.3, -0.25) is 10.1 Å². The minimum absolute atomic E-state index is 0.0937. The summed E-state index contributed by atoms with van der Waals surface area (Å²) in [5.74, 6) is 0.292. The topological polar surface area (TPSA) is 87.7 Å². The van der Waals surface area contributed by atoms with Crippen molar-refractivity contribution in [3.63, 3.8) is 0 Å². The van der Waals surface area contributed by atoms with Gasteiger partial charge in [0.15, 0.2) is 5.11 Å². The normalized spacial score (nSPS) is 11.2. The number of sulfonamides is 1. The van der Waals surface area contributed by atoms with Crippen LogP contribution in [-0.2, 0) is 16.6 Å². The molecule has 0 heterocycles. The summed E-state index contributed by atoms with van der Waals surface area (Å²) in [6, 6.07) is 20.6. The molecule has 7 nitrogen and oxygen atoms in total. The van der Waals surface area contributed by atoms with Crippen molar-refractivity contribution < 1.29 is 17.9 Å². The molecule has 0 atom stereocenters. The smallest absolute Gasteiger partial charge is 0.257 e. The molecule has 190 valence electrons. The number of thiocarbonyl (C=S) groups is 1. The monoisotopic (exact) mass is 589 g/mol. The fourth-order valence-corrected chi connectivity index (χ4v) is 5.10. The predicted molar refractivity (Wildman–Crippen MR) is 150 cm³/mol. The van der Waals surface area contributed by atoms with Crippen molar-refractivity contribution in [1.29, 1.82) is 0 Å². The van der Waals surface area contributed by atoms with Crippen LogP contribution in [0.2, 0.25) is 0 Å². The zero-order valence-corrected chi connectivity index (χ0v) is 23.3. The Kier molecular flexibility index (Phi) is 10.0. The van der Waals surface area contributed by atoms with Crippen molar-refractivity contribution in [1.82, 2.24) is 9.62 Å². The van der Waals surface area contributed by atoms with Crippen LogP contribution in [0.4, 0.5) is 5.69 Å². The third kappa shape index (κ3) is 7.60. The molecule has 0 fully saturated rings. The second kappa shape index (κ2) is 13.0. The minimum atomic E-state index is -3.66. The quantitative estimate of drug-likeness (QED) is 0.237. The fourth-order valence-electron chi connectivity index (χ4n) is 3.24. The highest BCUT2D eigenvalue weighted by Crippen LogP contribution is 2.26. The molecule has 2 N–H and O–H groups in total. The molecule has 3 rings (SSSR count). The Balaban J connectivity index is 1.57. The Bertz CT molecular complexity index is 1300. The Hall–Kier alpha value is -2.79. The van der Waals surface area contributed by atoms with E-state index in [0.717, 1.165) is 18.4 Å². The van der Waals surface area contributed by atoms with Gasteiger partial charge >= 0.3 is 0 Å². The number of halogens is 1. The maximum atomic E-state index is 12.9. The summed E-state index contributed by atoms with van der Waals surface area (Å²) in [7, 11) is -2.12. The number of rotatable bonds is 10. The van der Waals surface area contributed by atoms with Crippen molar-refractivity contribution in [2.45, 2.75) is 31.2 Å². The average molecular weight is 591 g/mol. The molecule has 3 aromatic rings. The van der Waals surface area contributed by atoms with E-state index in [4.69, 9.17) is 17.0 Å². The van der Waals surface area contributed by atoms with Gasteiger partial charge in [-0.05, 0) is 82.6 Å². The summed E-state index contributed by atoms with van der Waals surface area (Å²) in [6.45, 7) is 2.96. The summed E-state index contributed by atoms with van der Waals surface area (Å²) in [5, 5.41) is 5.63. The first-order valence-corrected chi connectivity index (χ1v) is 14.0. The molecule has 0 aliphatic heterocycles. The van der Waals surface area contributed by atoms with Crippen LogP contribution in [0.25, 0.3) is 0 Å². The summed E-state index contributed by atoms with van der Waals surface area (Å²) in [5.41, 5.74) is 1.86. The molecule has 3 aromatic carbocycles. The van der Waals surface area contributed by atoms with Gasteiger partial charge in [-0.15, -0.1) is 0 Å². The van der Waals surface area contributed by atoms with Gasteiger partial charge in [0.05, 0.1) is 16.0 Å². The van der Waals surface area contributed by atoms with Gasteiger partial charge in [0.2, 0.25) is 10.0 Å². The highest BCUT2D eigenvalue weighted by Gasteiger charge is 2.21. The molecular weight excluding hydrogens is 562 g/mol. The first-order chi connectivity index (χ1) is 17.2. The Morgan fingerprint density at radius 3 is 2.39 bits per heavy atom. The highest BCUT2D eigenvalue weighted by molar-refractivity contribution is 9.10. The summed E-state index contributed by atoms with van der Waals surface area (Å²) in [4.78, 5) is 12.8. The van der Waals surface area contributed by atoms with E-state index in [-0.39, 0.29) is 22.5 Å². The number of unbranched alkanes of at least 4 members (excludes halogenated alkanes) is 1. The Morgan fingerprint density at radius 2 is 1.75 bits per heavy atom. The lowest BCUT2D eigenvalue weighted by Gasteiger charge is -2.18. The molecule has 0 bridgehead atoms. The molecule has 0 spiro atoms. The number of hydrogen-bond donors (Lipinski definition) is 2. The number of nitrogens with one attached hydrogen (secondary N) is 2. The van der Waals surface area contributed by atoms with E-state index < -0.39 is 10.0 Å². The third-order valence-corrected chi connectivity index (χ3v) is 7.89. The number of carbonyl (C=O) groups excluding carboxylic acids is 1. The van der Waals surface area contributed by atoms with E-state index >= 15 is 0 Å². The van der Waals surface area contributed by atoms with E-state index in [0.29, 0.717) is 28.1 Å². The van der Waals surface area contributed by atoms with Crippen LogP contribution in [-0.4, -0.2) is 37.4 Å². The van der Waals surface area contributed by atoms with Gasteiger partial charge in [-0.2, -0.15) is 4.31 Å². The second-order valence-electron chi connectivity index (χ2n) is 8.03. The first-order valence-electron chi connectivity index (χ1n) is 11.4. The molecule has 0 saturated carbocycles. The molecule has 10 heteroatoms. The third-order valence-electron chi connectivity index (χ3n) is 5.25. The summed E-state index contributed by atoms with van der Waals surface area (Å²) in [6.07, 6.45) is 1.98. The number of nitrogens with zero attached hydrogens (tertiary/aromatic N) is 1. The molecule has 0 unspecified atom stereocenters. The molecular formula is C26H28BrN3O4S2. The SMILES string of the molecule is CCCCOc1ccc(C(=O)NC(=S)Nc2ccc(S(=O)(=O)N(C)Cc3ccccc3)cc2)cc1Br. The summed E-state index contributed by atoms with van der Waals surface area (Å²) < 4.78 is 33.5. The van der Waals surface area contributed by atoms with Crippen LogP contribution >= 0.6 is 28.1 Å². The second-order valence-corrected chi connectivity index (χ2v) is 11.3. The molecule has 0 aliphatic rings. The number of anilines is 1. The van der Waals surface area contributed by atoms with E-state index in [9.17, 15) is 13.2 Å². The van der Waals surface area contributed by atoms with E-state index in [1.165, 1.54) is 16.4 Å². The van der Waals surface area contributed by atoms with Crippen LogP contribution in [0.3, 0.4) is 0 Å². The van der Waals surface area contributed by atoms with E-state index in [2.05, 4.69) is 33.5 Å². The van der Waals surface area contributed by atoms with Gasteiger partial charge in [0.25, 0.3) is 5.91 Å². The standard InChI is InChI=1S/C26H28BrN3O4S2/c1-3-4-16-34-24-15-10-20(17-23(24)27)25(31)29-26(35)28-21-11-13-22(14-12-21)36(32,33)30(2)18-19-8-6-5-7-9-19/h5-15,17H,3-4,16,18H2,1-2H3,(H2,28,29,31,35). The van der Waals surface area contributed by atoms with E-state index in [1.54, 1.807) is 37.4 Å². The van der Waals surface area contributed by atoms with Crippen molar-refractivity contribution in [3.8, 4) is 5.75 Å². The van der Waals surface area contributed by atoms with Gasteiger partial charge < -0.3 is 10.1 Å². The minimum Gasteiger partial charge on any atom is -0.492 e. The van der Waals surface area contributed by atoms with Gasteiger partial charge in [-0.1, -0.05) is 43.7 Å². The number of carbonyl (C=O) groups is 1. The van der Waals surface area contributed by atoms with Crippen molar-refractivity contribution in [2.75, 3.05) is 19.0 Å². The molecule has 0 aliphatic carbocycles. The van der Waals surface area contributed by atoms with Crippen LogP contribution in [0, 0.1) is 0 Å². The maximum Gasteiger partial charge on any atom is 0.257 e. The zero-order chi connectivity index (χ0) is 26.1. The molecule has 1 amide bonds. The molecule has 0 aromatic heterocycles. The average Bonchev–Trinajstić information content (AvgIpc) is 2.86. The van der Waals surface area contributed by atoms with Crippen LogP contribution in [0.15, 0.2) is 82.2 Å². The lowest BCUT2D eigenvalue weighted by Crippen LogP contribution is -2.34.